The van der Waals surface area contributed by atoms with E-state index in [1.807, 2.05) is 35.1 Å². The molecule has 1 aliphatic heterocycles. The van der Waals surface area contributed by atoms with Gasteiger partial charge in [-0.3, -0.25) is 19.4 Å². The molecule has 0 saturated heterocycles. The van der Waals surface area contributed by atoms with Crippen molar-refractivity contribution in [1.82, 2.24) is 25.0 Å². The third-order valence-electron chi connectivity index (χ3n) is 4.25. The molecule has 3 N–H and O–H groups in total. The molecule has 2 aromatic rings. The van der Waals surface area contributed by atoms with Crippen molar-refractivity contribution in [2.45, 2.75) is 37.9 Å². The Morgan fingerprint density at radius 3 is 2.06 bits per heavy atom. The molecule has 0 fully saturated rings. The molecule has 2 aromatic heterocycles. The van der Waals surface area contributed by atoms with Crippen LogP contribution in [0.15, 0.2) is 36.7 Å². The quantitative estimate of drug-likeness (QED) is 0.530. The van der Waals surface area contributed by atoms with Gasteiger partial charge in [0.1, 0.15) is 0 Å². The minimum atomic E-state index is -5.08. The first-order valence-corrected chi connectivity index (χ1v) is 9.60. The molecule has 1 unspecified atom stereocenters. The van der Waals surface area contributed by atoms with Crippen LogP contribution in [0.2, 0.25) is 0 Å². The summed E-state index contributed by atoms with van der Waals surface area (Å²) in [6.45, 7) is 2.43. The molecule has 194 valence electrons. The smallest absolute Gasteiger partial charge is 0.475 e. The highest BCUT2D eigenvalue weighted by Gasteiger charge is 2.38. The lowest BCUT2D eigenvalue weighted by molar-refractivity contribution is -0.193. The van der Waals surface area contributed by atoms with E-state index in [4.69, 9.17) is 19.8 Å². The topological polar surface area (TPSA) is 138 Å². The van der Waals surface area contributed by atoms with Crippen molar-refractivity contribution in [3.63, 3.8) is 0 Å². The first-order chi connectivity index (χ1) is 16.1. The number of rotatable bonds is 4. The molecule has 0 radical (unpaired) electrons. The van der Waals surface area contributed by atoms with Gasteiger partial charge in [-0.05, 0) is 18.2 Å². The van der Waals surface area contributed by atoms with Gasteiger partial charge in [-0.2, -0.15) is 31.4 Å². The molecule has 0 aliphatic carbocycles. The van der Waals surface area contributed by atoms with Crippen LogP contribution in [0.25, 0.3) is 0 Å². The Labute approximate surface area is 194 Å². The van der Waals surface area contributed by atoms with E-state index < -0.39 is 24.3 Å². The normalized spacial score (nSPS) is 15.5. The van der Waals surface area contributed by atoms with Crippen LogP contribution in [0.3, 0.4) is 0 Å². The number of carboxylic acids is 2. The molecule has 1 atom stereocenters. The zero-order chi connectivity index (χ0) is 26.8. The molecule has 3 heterocycles. The van der Waals surface area contributed by atoms with Crippen LogP contribution < -0.4 is 5.32 Å². The van der Waals surface area contributed by atoms with Crippen LogP contribution >= 0.6 is 0 Å². The SMILES string of the molecule is CNC(=O)CC1CN(Cc2ccccn2)Cc2ccnn21.O=C(O)C(F)(F)F.O=C(O)C(F)(F)F. The summed E-state index contributed by atoms with van der Waals surface area (Å²) in [5.74, 6) is -5.47. The number of amides is 1. The fourth-order valence-corrected chi connectivity index (χ4v) is 2.77. The van der Waals surface area contributed by atoms with Gasteiger partial charge in [0, 0.05) is 39.1 Å². The summed E-state index contributed by atoms with van der Waals surface area (Å²) in [6, 6.07) is 8.04. The van der Waals surface area contributed by atoms with E-state index in [2.05, 4.69) is 20.3 Å². The van der Waals surface area contributed by atoms with Crippen LogP contribution in [0.4, 0.5) is 26.3 Å². The molecule has 0 spiro atoms. The first-order valence-electron chi connectivity index (χ1n) is 9.60. The number of nitrogens with zero attached hydrogens (tertiary/aromatic N) is 4. The van der Waals surface area contributed by atoms with Crippen LogP contribution in [0.1, 0.15) is 23.9 Å². The molecule has 3 rings (SSSR count). The summed E-state index contributed by atoms with van der Waals surface area (Å²) in [5.41, 5.74) is 2.19. The minimum Gasteiger partial charge on any atom is -0.475 e. The maximum absolute atomic E-state index is 11.7. The number of pyridine rings is 1. The zero-order valence-electron chi connectivity index (χ0n) is 18.0. The van der Waals surface area contributed by atoms with Gasteiger partial charge in [0.15, 0.2) is 0 Å². The van der Waals surface area contributed by atoms with Gasteiger partial charge in [-0.1, -0.05) is 6.07 Å². The molecule has 0 saturated carbocycles. The second-order valence-electron chi connectivity index (χ2n) is 6.89. The van der Waals surface area contributed by atoms with E-state index in [9.17, 15) is 31.1 Å². The lowest BCUT2D eigenvalue weighted by Crippen LogP contribution is -2.39. The number of hydrogen-bond donors (Lipinski definition) is 3. The van der Waals surface area contributed by atoms with E-state index in [1.165, 1.54) is 0 Å². The molecular formula is C19H21F6N5O5. The number of aromatic nitrogens is 3. The van der Waals surface area contributed by atoms with Gasteiger partial charge < -0.3 is 15.5 Å². The van der Waals surface area contributed by atoms with Gasteiger partial charge in [-0.15, -0.1) is 0 Å². The maximum atomic E-state index is 11.7. The number of carbonyl (C=O) groups is 3. The Morgan fingerprint density at radius 1 is 1.03 bits per heavy atom. The highest BCUT2D eigenvalue weighted by molar-refractivity contribution is 5.76. The molecule has 35 heavy (non-hydrogen) atoms. The molecule has 0 aromatic carbocycles. The highest BCUT2D eigenvalue weighted by Crippen LogP contribution is 2.24. The number of nitrogens with one attached hydrogen (secondary N) is 1. The van der Waals surface area contributed by atoms with Gasteiger partial charge in [0.05, 0.1) is 23.9 Å². The van der Waals surface area contributed by atoms with Crippen molar-refractivity contribution in [3.8, 4) is 0 Å². The van der Waals surface area contributed by atoms with Crippen LogP contribution in [0.5, 0.6) is 0 Å². The van der Waals surface area contributed by atoms with Gasteiger partial charge in [0.25, 0.3) is 0 Å². The molecule has 1 aliphatic rings. The minimum absolute atomic E-state index is 0.0427. The average molecular weight is 513 g/mol. The predicted molar refractivity (Wildman–Crippen MR) is 106 cm³/mol. The Morgan fingerprint density at radius 2 is 1.60 bits per heavy atom. The molecule has 0 bridgehead atoms. The van der Waals surface area contributed by atoms with E-state index in [1.54, 1.807) is 13.2 Å². The van der Waals surface area contributed by atoms with Crippen molar-refractivity contribution in [2.24, 2.45) is 0 Å². The fourth-order valence-electron chi connectivity index (χ4n) is 2.77. The fraction of sp³-hybridized carbons (Fsp3) is 0.421. The van der Waals surface area contributed by atoms with Gasteiger partial charge in [-0.25, -0.2) is 9.59 Å². The third-order valence-corrected chi connectivity index (χ3v) is 4.25. The van der Waals surface area contributed by atoms with Crippen molar-refractivity contribution >= 4 is 17.8 Å². The summed E-state index contributed by atoms with van der Waals surface area (Å²) in [7, 11) is 1.67. The van der Waals surface area contributed by atoms with Gasteiger partial charge >= 0.3 is 24.3 Å². The summed E-state index contributed by atoms with van der Waals surface area (Å²) in [5, 5.41) is 21.3. The lowest BCUT2D eigenvalue weighted by Gasteiger charge is -2.33. The van der Waals surface area contributed by atoms with E-state index in [0.29, 0.717) is 6.42 Å². The molecule has 10 nitrogen and oxygen atoms in total. The van der Waals surface area contributed by atoms with Gasteiger partial charge in [0.2, 0.25) is 5.91 Å². The maximum Gasteiger partial charge on any atom is 0.490 e. The number of hydrogen-bond acceptors (Lipinski definition) is 6. The largest absolute Gasteiger partial charge is 0.490 e. The Hall–Kier alpha value is -3.69. The molecule has 16 heteroatoms. The van der Waals surface area contributed by atoms with Crippen molar-refractivity contribution in [3.05, 3.63) is 48.0 Å². The standard InChI is InChI=1S/C15H19N5O.2C2HF3O2/c1-16-15(21)8-14-11-19(9-12-4-2-3-6-17-12)10-13-5-7-18-20(13)14;2*3-2(4,5)1(6)7/h2-7,14H,8-11H2,1H3,(H,16,21);2*(H,6,7). The van der Waals surface area contributed by atoms with E-state index in [0.717, 1.165) is 31.0 Å². The van der Waals surface area contributed by atoms with E-state index in [-0.39, 0.29) is 11.9 Å². The van der Waals surface area contributed by atoms with Crippen molar-refractivity contribution in [1.29, 1.82) is 0 Å². The van der Waals surface area contributed by atoms with Crippen molar-refractivity contribution in [2.75, 3.05) is 13.6 Å². The van der Waals surface area contributed by atoms with Crippen LogP contribution in [0, 0.1) is 0 Å². The summed E-state index contributed by atoms with van der Waals surface area (Å²) in [6.07, 6.45) is -6.11. The number of fused-ring (bicyclic) bond motifs is 1. The number of aliphatic carboxylic acids is 2. The number of carboxylic acid groups (broad SMARTS) is 2. The Kier molecular flexibility index (Phi) is 10.6. The van der Waals surface area contributed by atoms with Crippen LogP contribution in [-0.2, 0) is 27.5 Å². The predicted octanol–water partition coefficient (Wildman–Crippen LogP) is 2.24. The number of alkyl halides is 6. The third kappa shape index (κ3) is 10.4. The summed E-state index contributed by atoms with van der Waals surface area (Å²) in [4.78, 5) is 36.2. The lowest BCUT2D eigenvalue weighted by atomic mass is 10.1. The molecule has 1 amide bonds. The second kappa shape index (κ2) is 12.7. The molecular weight excluding hydrogens is 492 g/mol. The van der Waals surface area contributed by atoms with Crippen molar-refractivity contribution < 1.29 is 50.9 Å². The Balaban J connectivity index is 0.000000362. The number of halogens is 6. The highest BCUT2D eigenvalue weighted by atomic mass is 19.4. The van der Waals surface area contributed by atoms with E-state index >= 15 is 0 Å². The summed E-state index contributed by atoms with van der Waals surface area (Å²) >= 11 is 0. The first kappa shape index (κ1) is 29.3. The summed E-state index contributed by atoms with van der Waals surface area (Å²) < 4.78 is 65.4. The second-order valence-corrected chi connectivity index (χ2v) is 6.89. The number of carbonyl (C=O) groups excluding carboxylic acids is 1. The van der Waals surface area contributed by atoms with Crippen LogP contribution in [-0.4, -0.2) is 73.7 Å². The zero-order valence-corrected chi connectivity index (χ0v) is 18.0. The monoisotopic (exact) mass is 513 g/mol. The average Bonchev–Trinajstić information content (AvgIpc) is 3.23. The Bertz CT molecular complexity index is 956.